The van der Waals surface area contributed by atoms with Crippen molar-refractivity contribution < 1.29 is 27.5 Å². The molecule has 1 atom stereocenters. The molecule has 9 heteroatoms. The Labute approximate surface area is 216 Å². The lowest BCUT2D eigenvalue weighted by atomic mass is 10.0. The molecule has 3 heterocycles. The van der Waals surface area contributed by atoms with Crippen molar-refractivity contribution in [3.05, 3.63) is 112 Å². The molecule has 190 valence electrons. The molecule has 2 aromatic heterocycles. The van der Waals surface area contributed by atoms with E-state index in [1.165, 1.54) is 46.4 Å². The average Bonchev–Trinajstić information content (AvgIpc) is 3.58. The van der Waals surface area contributed by atoms with E-state index in [1.807, 2.05) is 11.4 Å². The summed E-state index contributed by atoms with van der Waals surface area (Å²) in [4.78, 5) is 31.2. The van der Waals surface area contributed by atoms with E-state index in [4.69, 9.17) is 9.15 Å². The minimum atomic E-state index is -0.536. The highest BCUT2D eigenvalue weighted by Crippen LogP contribution is 2.34. The molecule has 2 aromatic carbocycles. The van der Waals surface area contributed by atoms with Gasteiger partial charge in [0, 0.05) is 23.1 Å². The second kappa shape index (κ2) is 11.0. The van der Waals surface area contributed by atoms with Crippen LogP contribution in [0.4, 0.5) is 8.78 Å². The zero-order chi connectivity index (χ0) is 25.8. The molecule has 0 saturated heterocycles. The summed E-state index contributed by atoms with van der Waals surface area (Å²) in [7, 11) is 0. The van der Waals surface area contributed by atoms with Crippen LogP contribution in [0.25, 0.3) is 0 Å². The Hall–Kier alpha value is -3.98. The first-order valence-corrected chi connectivity index (χ1v) is 12.7. The van der Waals surface area contributed by atoms with Gasteiger partial charge in [0.05, 0.1) is 18.8 Å². The Morgan fingerprint density at radius 3 is 2.62 bits per heavy atom. The van der Waals surface area contributed by atoms with Gasteiger partial charge in [0.2, 0.25) is 5.91 Å². The van der Waals surface area contributed by atoms with E-state index >= 15 is 0 Å². The zero-order valence-electron chi connectivity index (χ0n) is 19.8. The monoisotopic (exact) mass is 522 g/mol. The van der Waals surface area contributed by atoms with Crippen molar-refractivity contribution in [2.75, 3.05) is 19.7 Å². The largest absolute Gasteiger partial charge is 0.491 e. The maximum Gasteiger partial charge on any atom is 0.254 e. The van der Waals surface area contributed by atoms with Gasteiger partial charge in [-0.1, -0.05) is 12.1 Å². The summed E-state index contributed by atoms with van der Waals surface area (Å²) >= 11 is 1.62. The highest BCUT2D eigenvalue weighted by atomic mass is 32.1. The SMILES string of the molecule is O=C(c1cccc(F)c1)N(CC(=O)N1CCc2sccc2[C@H]1COc1cccc(F)c1)Cc1ccco1. The number of halogens is 2. The molecule has 0 unspecified atom stereocenters. The molecular formula is C28H24F2N2O4S. The number of benzene rings is 2. The Balaban J connectivity index is 1.38. The summed E-state index contributed by atoms with van der Waals surface area (Å²) in [5, 5.41) is 1.98. The van der Waals surface area contributed by atoms with Gasteiger partial charge in [-0.2, -0.15) is 0 Å². The van der Waals surface area contributed by atoms with Crippen LogP contribution in [0.15, 0.2) is 82.8 Å². The molecule has 0 spiro atoms. The first kappa shape index (κ1) is 24.7. The molecule has 0 saturated carbocycles. The van der Waals surface area contributed by atoms with Gasteiger partial charge in [0.1, 0.15) is 36.3 Å². The molecule has 2 amide bonds. The third-order valence-corrected chi connectivity index (χ3v) is 7.23. The average molecular weight is 523 g/mol. The van der Waals surface area contributed by atoms with Gasteiger partial charge in [-0.05, 0) is 65.9 Å². The minimum Gasteiger partial charge on any atom is -0.491 e. The number of carbonyl (C=O) groups is 2. The Morgan fingerprint density at radius 2 is 1.86 bits per heavy atom. The van der Waals surface area contributed by atoms with E-state index in [2.05, 4.69) is 0 Å². The van der Waals surface area contributed by atoms with Gasteiger partial charge >= 0.3 is 0 Å². The summed E-state index contributed by atoms with van der Waals surface area (Å²) in [6.45, 7) is 0.406. The maximum absolute atomic E-state index is 13.8. The molecule has 0 bridgehead atoms. The maximum atomic E-state index is 13.8. The van der Waals surface area contributed by atoms with Crippen LogP contribution >= 0.6 is 11.3 Å². The van der Waals surface area contributed by atoms with Crippen LogP contribution in [0.3, 0.4) is 0 Å². The van der Waals surface area contributed by atoms with Gasteiger partial charge in [-0.25, -0.2) is 8.78 Å². The van der Waals surface area contributed by atoms with Gasteiger partial charge in [-0.3, -0.25) is 9.59 Å². The highest BCUT2D eigenvalue weighted by molar-refractivity contribution is 7.10. The van der Waals surface area contributed by atoms with Crippen molar-refractivity contribution >= 4 is 23.2 Å². The Morgan fingerprint density at radius 1 is 1.05 bits per heavy atom. The number of hydrogen-bond acceptors (Lipinski definition) is 5. The van der Waals surface area contributed by atoms with Crippen LogP contribution in [0.1, 0.15) is 32.6 Å². The Bertz CT molecular complexity index is 1390. The lowest BCUT2D eigenvalue weighted by molar-refractivity contribution is -0.135. The fourth-order valence-corrected chi connectivity index (χ4v) is 5.38. The van der Waals surface area contributed by atoms with Gasteiger partial charge in [0.25, 0.3) is 5.91 Å². The van der Waals surface area contributed by atoms with E-state index in [1.54, 1.807) is 40.5 Å². The van der Waals surface area contributed by atoms with Crippen molar-refractivity contribution in [3.63, 3.8) is 0 Å². The number of furan rings is 1. The van der Waals surface area contributed by atoms with Crippen molar-refractivity contribution in [3.8, 4) is 5.75 Å². The summed E-state index contributed by atoms with van der Waals surface area (Å²) in [6, 6.07) is 16.2. The van der Waals surface area contributed by atoms with Crippen molar-refractivity contribution in [1.29, 1.82) is 0 Å². The van der Waals surface area contributed by atoms with Gasteiger partial charge in [-0.15, -0.1) is 11.3 Å². The number of nitrogens with zero attached hydrogens (tertiary/aromatic N) is 2. The van der Waals surface area contributed by atoms with Crippen molar-refractivity contribution in [1.82, 2.24) is 9.80 Å². The number of hydrogen-bond donors (Lipinski definition) is 0. The molecule has 0 aliphatic carbocycles. The normalized spacial score (nSPS) is 14.8. The number of amides is 2. The fourth-order valence-electron chi connectivity index (χ4n) is 4.45. The number of rotatable bonds is 8. The highest BCUT2D eigenvalue weighted by Gasteiger charge is 2.34. The van der Waals surface area contributed by atoms with Crippen LogP contribution < -0.4 is 4.74 Å². The molecule has 6 nitrogen and oxygen atoms in total. The third-order valence-electron chi connectivity index (χ3n) is 6.23. The van der Waals surface area contributed by atoms with Crippen LogP contribution in [0.5, 0.6) is 5.75 Å². The van der Waals surface area contributed by atoms with Crippen LogP contribution in [-0.2, 0) is 17.8 Å². The fraction of sp³-hybridized carbons (Fsp3) is 0.214. The predicted molar refractivity (Wildman–Crippen MR) is 134 cm³/mol. The van der Waals surface area contributed by atoms with Crippen LogP contribution in [0, 0.1) is 11.6 Å². The zero-order valence-corrected chi connectivity index (χ0v) is 20.6. The third kappa shape index (κ3) is 5.72. The number of fused-ring (bicyclic) bond motifs is 1. The predicted octanol–water partition coefficient (Wildman–Crippen LogP) is 5.47. The lowest BCUT2D eigenvalue weighted by Gasteiger charge is -2.37. The van der Waals surface area contributed by atoms with Crippen molar-refractivity contribution in [2.24, 2.45) is 0 Å². The number of ether oxygens (including phenoxy) is 1. The summed E-state index contributed by atoms with van der Waals surface area (Å²) in [5.41, 5.74) is 1.12. The molecule has 1 aliphatic rings. The van der Waals surface area contributed by atoms with E-state index in [0.717, 1.165) is 11.6 Å². The Kier molecular flexibility index (Phi) is 7.32. The molecule has 0 radical (unpaired) electrons. The van der Waals surface area contributed by atoms with Crippen LogP contribution in [-0.4, -0.2) is 41.3 Å². The number of carbonyl (C=O) groups excluding carboxylic acids is 2. The second-order valence-electron chi connectivity index (χ2n) is 8.67. The molecule has 0 fully saturated rings. The van der Waals surface area contributed by atoms with Crippen LogP contribution in [0.2, 0.25) is 0 Å². The van der Waals surface area contributed by atoms with E-state index in [-0.39, 0.29) is 31.2 Å². The van der Waals surface area contributed by atoms with E-state index in [0.29, 0.717) is 24.5 Å². The van der Waals surface area contributed by atoms with Gasteiger partial charge < -0.3 is 19.0 Å². The van der Waals surface area contributed by atoms with E-state index in [9.17, 15) is 18.4 Å². The molecule has 5 rings (SSSR count). The standard InChI is InChI=1S/C28H24F2N2O4S/c29-20-5-1-4-19(14-20)28(34)31(16-23-8-3-12-35-23)17-27(33)32-11-9-26-24(10-13-37-26)25(32)18-36-22-7-2-6-21(30)15-22/h1-8,10,12-15,25H,9,11,16-18H2/t25-/m1/s1. The molecule has 4 aromatic rings. The van der Waals surface area contributed by atoms with Gasteiger partial charge in [0.15, 0.2) is 0 Å². The summed E-state index contributed by atoms with van der Waals surface area (Å²) in [5.74, 6) is -0.829. The second-order valence-corrected chi connectivity index (χ2v) is 9.67. The quantitative estimate of drug-likeness (QED) is 0.308. The first-order valence-electron chi connectivity index (χ1n) is 11.8. The molecule has 1 aliphatic heterocycles. The number of thiophene rings is 1. The lowest BCUT2D eigenvalue weighted by Crippen LogP contribution is -2.47. The molecule has 37 heavy (non-hydrogen) atoms. The van der Waals surface area contributed by atoms with Crippen molar-refractivity contribution in [2.45, 2.75) is 19.0 Å². The summed E-state index contributed by atoms with van der Waals surface area (Å²) < 4.78 is 38.8. The summed E-state index contributed by atoms with van der Waals surface area (Å²) in [6.07, 6.45) is 2.18. The smallest absolute Gasteiger partial charge is 0.254 e. The first-order chi connectivity index (χ1) is 18.0. The topological polar surface area (TPSA) is 63.0 Å². The molecule has 0 N–H and O–H groups in total. The van der Waals surface area contributed by atoms with E-state index < -0.39 is 23.6 Å². The molecular weight excluding hydrogens is 498 g/mol. The minimum absolute atomic E-state index is 0.0517.